The molecule has 0 saturated heterocycles. The minimum absolute atomic E-state index is 0.100. The number of rotatable bonds is 7. The molecule has 0 aliphatic heterocycles. The molecule has 108 valence electrons. The smallest absolute Gasteiger partial charge is 0.225 e. The topological polar surface area (TPSA) is 38.3 Å². The first-order chi connectivity index (χ1) is 7.99. The molecule has 0 aliphatic rings. The largest absolute Gasteiger partial charge is 0.375 e. The van der Waals surface area contributed by atoms with Gasteiger partial charge in [-0.1, -0.05) is 27.7 Å². The van der Waals surface area contributed by atoms with Gasteiger partial charge in [-0.2, -0.15) is 0 Å². The Morgan fingerprint density at radius 3 is 2.00 bits per heavy atom. The Morgan fingerprint density at radius 1 is 1.11 bits per heavy atom. The van der Waals surface area contributed by atoms with E-state index in [9.17, 15) is 4.79 Å². The third-order valence-corrected chi connectivity index (χ3v) is 3.63. The quantitative estimate of drug-likeness (QED) is 0.759. The highest BCUT2D eigenvalue weighted by atomic mass is 16.5. The average molecular weight is 257 g/mol. The fourth-order valence-corrected chi connectivity index (χ4v) is 1.31. The molecule has 0 bridgehead atoms. The number of carbonyl (C=O) groups excluding carboxylic acids is 1. The molecule has 0 aromatic carbocycles. The van der Waals surface area contributed by atoms with E-state index in [0.717, 1.165) is 6.42 Å². The summed E-state index contributed by atoms with van der Waals surface area (Å²) >= 11 is 0. The van der Waals surface area contributed by atoms with E-state index in [2.05, 4.69) is 33.0 Å². The molecule has 0 aliphatic carbocycles. The van der Waals surface area contributed by atoms with E-state index < -0.39 is 0 Å². The van der Waals surface area contributed by atoms with E-state index in [1.54, 1.807) is 0 Å². The Labute approximate surface area is 113 Å². The summed E-state index contributed by atoms with van der Waals surface area (Å²) in [6.45, 7) is 17.0. The molecule has 0 spiro atoms. The van der Waals surface area contributed by atoms with Crippen LogP contribution in [0.25, 0.3) is 0 Å². The third-order valence-electron chi connectivity index (χ3n) is 3.63. The van der Waals surface area contributed by atoms with Crippen LogP contribution in [0.15, 0.2) is 0 Å². The molecule has 0 saturated carbocycles. The molecule has 1 N–H and O–H groups in total. The van der Waals surface area contributed by atoms with Gasteiger partial charge in [-0.15, -0.1) is 0 Å². The van der Waals surface area contributed by atoms with E-state index in [-0.39, 0.29) is 23.0 Å². The molecule has 3 nitrogen and oxygen atoms in total. The van der Waals surface area contributed by atoms with Crippen molar-refractivity contribution in [3.8, 4) is 0 Å². The molecule has 0 heterocycles. The maximum absolute atomic E-state index is 12.0. The van der Waals surface area contributed by atoms with E-state index in [1.165, 1.54) is 0 Å². The summed E-state index contributed by atoms with van der Waals surface area (Å²) in [4.78, 5) is 12.0. The SMILES string of the molecule is CC(C)NC(=O)C(C)(C)CCOC(C)(C)C(C)C. The van der Waals surface area contributed by atoms with Crippen molar-refractivity contribution in [1.29, 1.82) is 0 Å². The second kappa shape index (κ2) is 6.55. The van der Waals surface area contributed by atoms with E-state index in [0.29, 0.717) is 12.5 Å². The highest BCUT2D eigenvalue weighted by Crippen LogP contribution is 2.25. The number of amides is 1. The fraction of sp³-hybridized carbons (Fsp3) is 0.933. The van der Waals surface area contributed by atoms with Crippen LogP contribution in [0.5, 0.6) is 0 Å². The van der Waals surface area contributed by atoms with Crippen LogP contribution in [0.4, 0.5) is 0 Å². The Balaban J connectivity index is 4.24. The molecular formula is C15H31NO2. The second-order valence-electron chi connectivity index (χ2n) is 6.87. The van der Waals surface area contributed by atoms with Crippen LogP contribution >= 0.6 is 0 Å². The molecule has 0 fully saturated rings. The fourth-order valence-electron chi connectivity index (χ4n) is 1.31. The van der Waals surface area contributed by atoms with Crippen molar-refractivity contribution in [3.63, 3.8) is 0 Å². The van der Waals surface area contributed by atoms with Crippen molar-refractivity contribution in [2.45, 2.75) is 73.5 Å². The Kier molecular flexibility index (Phi) is 6.35. The van der Waals surface area contributed by atoms with Crippen molar-refractivity contribution < 1.29 is 9.53 Å². The van der Waals surface area contributed by atoms with Crippen LogP contribution < -0.4 is 5.32 Å². The minimum atomic E-state index is -0.378. The van der Waals surface area contributed by atoms with Gasteiger partial charge in [0.05, 0.1) is 5.60 Å². The average Bonchev–Trinajstić information content (AvgIpc) is 2.15. The van der Waals surface area contributed by atoms with Gasteiger partial charge < -0.3 is 10.1 Å². The summed E-state index contributed by atoms with van der Waals surface area (Å²) in [5, 5.41) is 2.96. The zero-order valence-electron chi connectivity index (χ0n) is 13.4. The Hall–Kier alpha value is -0.570. The predicted molar refractivity (Wildman–Crippen MR) is 76.5 cm³/mol. The van der Waals surface area contributed by atoms with Gasteiger partial charge in [0.2, 0.25) is 5.91 Å². The molecular weight excluding hydrogens is 226 g/mol. The van der Waals surface area contributed by atoms with Crippen molar-refractivity contribution >= 4 is 5.91 Å². The van der Waals surface area contributed by atoms with Crippen LogP contribution in [0.2, 0.25) is 0 Å². The standard InChI is InChI=1S/C15H31NO2/c1-11(2)15(7,8)18-10-9-14(5,6)13(17)16-12(3)4/h11-12H,9-10H2,1-8H3,(H,16,17). The maximum Gasteiger partial charge on any atom is 0.225 e. The highest BCUT2D eigenvalue weighted by molar-refractivity contribution is 5.81. The van der Waals surface area contributed by atoms with Gasteiger partial charge in [-0.3, -0.25) is 4.79 Å². The van der Waals surface area contributed by atoms with Gasteiger partial charge in [0.1, 0.15) is 0 Å². The number of ether oxygens (including phenoxy) is 1. The van der Waals surface area contributed by atoms with Crippen LogP contribution in [0.1, 0.15) is 61.8 Å². The van der Waals surface area contributed by atoms with Crippen LogP contribution in [-0.4, -0.2) is 24.2 Å². The summed E-state index contributed by atoms with van der Waals surface area (Å²) in [6, 6.07) is 0.185. The van der Waals surface area contributed by atoms with Crippen molar-refractivity contribution in [1.82, 2.24) is 5.32 Å². The second-order valence-corrected chi connectivity index (χ2v) is 6.87. The first-order valence-electron chi connectivity index (χ1n) is 6.94. The van der Waals surface area contributed by atoms with Gasteiger partial charge in [0.15, 0.2) is 0 Å². The lowest BCUT2D eigenvalue weighted by Crippen LogP contribution is -2.42. The maximum atomic E-state index is 12.0. The molecule has 0 aromatic rings. The lowest BCUT2D eigenvalue weighted by atomic mass is 9.88. The summed E-state index contributed by atoms with van der Waals surface area (Å²) < 4.78 is 5.90. The van der Waals surface area contributed by atoms with Crippen molar-refractivity contribution in [3.05, 3.63) is 0 Å². The molecule has 0 radical (unpaired) electrons. The van der Waals surface area contributed by atoms with E-state index in [1.807, 2.05) is 27.7 Å². The molecule has 0 unspecified atom stereocenters. The first kappa shape index (κ1) is 17.4. The van der Waals surface area contributed by atoms with Gasteiger partial charge in [-0.25, -0.2) is 0 Å². The molecule has 3 heteroatoms. The van der Waals surface area contributed by atoms with Crippen molar-refractivity contribution in [2.75, 3.05) is 6.61 Å². The number of nitrogens with one attached hydrogen (secondary N) is 1. The number of carbonyl (C=O) groups is 1. The lowest BCUT2D eigenvalue weighted by Gasteiger charge is -2.32. The van der Waals surface area contributed by atoms with Gasteiger partial charge in [0, 0.05) is 18.1 Å². The summed E-state index contributed by atoms with van der Waals surface area (Å²) in [6.07, 6.45) is 0.738. The molecule has 1 amide bonds. The van der Waals surface area contributed by atoms with Crippen LogP contribution in [-0.2, 0) is 9.53 Å². The zero-order valence-corrected chi connectivity index (χ0v) is 13.4. The molecule has 0 atom stereocenters. The molecule has 18 heavy (non-hydrogen) atoms. The van der Waals surface area contributed by atoms with Gasteiger partial charge in [0.25, 0.3) is 0 Å². The Morgan fingerprint density at radius 2 is 1.61 bits per heavy atom. The monoisotopic (exact) mass is 257 g/mol. The highest BCUT2D eigenvalue weighted by Gasteiger charge is 2.29. The zero-order chi connectivity index (χ0) is 14.6. The van der Waals surface area contributed by atoms with Gasteiger partial charge >= 0.3 is 0 Å². The molecule has 0 aromatic heterocycles. The van der Waals surface area contributed by atoms with Crippen molar-refractivity contribution in [2.24, 2.45) is 11.3 Å². The van der Waals surface area contributed by atoms with E-state index in [4.69, 9.17) is 4.74 Å². The summed E-state index contributed by atoms with van der Waals surface area (Å²) in [5.41, 5.74) is -0.512. The Bertz CT molecular complexity index is 268. The third kappa shape index (κ3) is 5.85. The first-order valence-corrected chi connectivity index (χ1v) is 6.94. The van der Waals surface area contributed by atoms with Crippen LogP contribution in [0, 0.1) is 11.3 Å². The number of hydrogen-bond donors (Lipinski definition) is 1. The number of hydrogen-bond acceptors (Lipinski definition) is 2. The lowest BCUT2D eigenvalue weighted by molar-refractivity contribution is -0.132. The predicted octanol–water partition coefficient (Wildman–Crippen LogP) is 3.38. The summed E-state index contributed by atoms with van der Waals surface area (Å²) in [5.74, 6) is 0.563. The van der Waals surface area contributed by atoms with Crippen LogP contribution in [0.3, 0.4) is 0 Å². The summed E-state index contributed by atoms with van der Waals surface area (Å²) in [7, 11) is 0. The minimum Gasteiger partial charge on any atom is -0.375 e. The van der Waals surface area contributed by atoms with Gasteiger partial charge in [-0.05, 0) is 40.0 Å². The van der Waals surface area contributed by atoms with E-state index >= 15 is 0 Å². The normalized spacial score (nSPS) is 13.2. The molecule has 0 rings (SSSR count).